The predicted molar refractivity (Wildman–Crippen MR) is 66.1 cm³/mol. The summed E-state index contributed by atoms with van der Waals surface area (Å²) in [7, 11) is 0. The van der Waals surface area contributed by atoms with Crippen LogP contribution in [0.5, 0.6) is 0 Å². The van der Waals surface area contributed by atoms with E-state index in [9.17, 15) is 4.79 Å². The number of nitriles is 1. The maximum absolute atomic E-state index is 11.5. The minimum absolute atomic E-state index is 0.0956. The third kappa shape index (κ3) is 3.22. The monoisotopic (exact) mass is 261 g/mol. The zero-order valence-corrected chi connectivity index (χ0v) is 10.4. The number of rotatable bonds is 5. The van der Waals surface area contributed by atoms with Gasteiger partial charge in [-0.05, 0) is 17.5 Å². The Hall–Kier alpha value is -2.06. The van der Waals surface area contributed by atoms with E-state index >= 15 is 0 Å². The van der Waals surface area contributed by atoms with Crippen LogP contribution in [-0.2, 0) is 11.2 Å². The van der Waals surface area contributed by atoms with Crippen LogP contribution >= 0.6 is 11.3 Å². The summed E-state index contributed by atoms with van der Waals surface area (Å²) in [5, 5.41) is 11.0. The van der Waals surface area contributed by atoms with Crippen molar-refractivity contribution in [2.75, 3.05) is 6.61 Å². The molecule has 0 fully saturated rings. The number of hydrogen-bond acceptors (Lipinski definition) is 5. The molecule has 0 radical (unpaired) electrons. The molecule has 2 aromatic rings. The molecule has 0 N–H and O–H groups in total. The molecule has 0 bridgehead atoms. The molecule has 5 heteroatoms. The Morgan fingerprint density at radius 1 is 1.56 bits per heavy atom. The van der Waals surface area contributed by atoms with Crippen molar-refractivity contribution in [1.29, 1.82) is 5.26 Å². The average molecular weight is 261 g/mol. The van der Waals surface area contributed by atoms with Crippen molar-refractivity contribution in [3.8, 4) is 6.07 Å². The van der Waals surface area contributed by atoms with Gasteiger partial charge in [0.2, 0.25) is 0 Å². The van der Waals surface area contributed by atoms with Gasteiger partial charge in [0.1, 0.15) is 12.9 Å². The zero-order valence-electron chi connectivity index (χ0n) is 9.54. The Bertz CT molecular complexity index is 525. The molecule has 0 aliphatic heterocycles. The molecule has 2 heterocycles. The number of hydrogen-bond donors (Lipinski definition) is 0. The van der Waals surface area contributed by atoms with Gasteiger partial charge in [-0.25, -0.2) is 4.79 Å². The van der Waals surface area contributed by atoms with Crippen molar-refractivity contribution < 1.29 is 13.9 Å². The van der Waals surface area contributed by atoms with Gasteiger partial charge in [0.25, 0.3) is 0 Å². The van der Waals surface area contributed by atoms with Crippen molar-refractivity contribution in [2.45, 2.75) is 6.42 Å². The highest BCUT2D eigenvalue weighted by Crippen LogP contribution is 2.15. The number of nitrogens with zero attached hydrogens (tertiary/aromatic N) is 1. The Morgan fingerprint density at radius 3 is 3.06 bits per heavy atom. The molecule has 0 amide bonds. The molecule has 0 spiro atoms. The van der Waals surface area contributed by atoms with E-state index in [4.69, 9.17) is 14.4 Å². The number of carbonyl (C=O) groups excluding carboxylic acids is 1. The van der Waals surface area contributed by atoms with Crippen LogP contribution in [0.4, 0.5) is 0 Å². The van der Waals surface area contributed by atoms with E-state index in [2.05, 4.69) is 6.07 Å². The maximum atomic E-state index is 11.5. The lowest BCUT2D eigenvalue weighted by Crippen LogP contribution is -2.14. The predicted octanol–water partition coefficient (Wildman–Crippen LogP) is 2.88. The smallest absolute Gasteiger partial charge is 0.341 e. The van der Waals surface area contributed by atoms with Gasteiger partial charge in [0, 0.05) is 11.3 Å². The van der Waals surface area contributed by atoms with Crippen LogP contribution in [0.15, 0.2) is 40.5 Å². The summed E-state index contributed by atoms with van der Waals surface area (Å²) >= 11 is 1.59. The van der Waals surface area contributed by atoms with Gasteiger partial charge in [0.15, 0.2) is 0 Å². The second-order valence-electron chi connectivity index (χ2n) is 3.72. The van der Waals surface area contributed by atoms with Gasteiger partial charge in [-0.1, -0.05) is 6.07 Å². The average Bonchev–Trinajstić information content (AvgIpc) is 3.06. The minimum Gasteiger partial charge on any atom is -0.472 e. The van der Waals surface area contributed by atoms with Crippen molar-refractivity contribution in [2.24, 2.45) is 5.92 Å². The van der Waals surface area contributed by atoms with Crippen LogP contribution < -0.4 is 0 Å². The van der Waals surface area contributed by atoms with Gasteiger partial charge < -0.3 is 9.15 Å². The summed E-state index contributed by atoms with van der Waals surface area (Å²) in [6, 6.07) is 7.58. The van der Waals surface area contributed by atoms with Crippen LogP contribution in [0.2, 0.25) is 0 Å². The van der Waals surface area contributed by atoms with Crippen LogP contribution in [0.3, 0.4) is 0 Å². The van der Waals surface area contributed by atoms with Crippen molar-refractivity contribution in [3.05, 3.63) is 46.5 Å². The Labute approximate surface area is 108 Å². The molecule has 0 saturated heterocycles. The number of ether oxygens (including phenoxy) is 1. The molecular weight excluding hydrogens is 250 g/mol. The van der Waals surface area contributed by atoms with E-state index < -0.39 is 5.97 Å². The van der Waals surface area contributed by atoms with E-state index in [1.54, 1.807) is 11.3 Å². The second-order valence-corrected chi connectivity index (χ2v) is 4.75. The van der Waals surface area contributed by atoms with Crippen LogP contribution in [0.1, 0.15) is 15.2 Å². The first kappa shape index (κ1) is 12.4. The molecule has 18 heavy (non-hydrogen) atoms. The number of thiophene rings is 1. The summed E-state index contributed by atoms with van der Waals surface area (Å²) < 4.78 is 9.86. The highest BCUT2D eigenvalue weighted by Gasteiger charge is 2.14. The first-order valence-corrected chi connectivity index (χ1v) is 6.29. The lowest BCUT2D eigenvalue weighted by Gasteiger charge is -2.08. The van der Waals surface area contributed by atoms with Crippen LogP contribution in [0.25, 0.3) is 0 Å². The normalized spacial score (nSPS) is 11.7. The molecule has 1 atom stereocenters. The van der Waals surface area contributed by atoms with Gasteiger partial charge >= 0.3 is 5.97 Å². The highest BCUT2D eigenvalue weighted by molar-refractivity contribution is 7.09. The summed E-state index contributed by atoms with van der Waals surface area (Å²) in [5.74, 6) is -0.783. The third-order valence-electron chi connectivity index (χ3n) is 2.38. The Kier molecular flexibility index (Phi) is 4.15. The summed E-state index contributed by atoms with van der Waals surface area (Å²) in [4.78, 5) is 12.7. The molecule has 0 saturated carbocycles. The Morgan fingerprint density at radius 2 is 2.44 bits per heavy atom. The lowest BCUT2D eigenvalue weighted by atomic mass is 10.1. The topological polar surface area (TPSA) is 63.2 Å². The maximum Gasteiger partial charge on any atom is 0.341 e. The van der Waals surface area contributed by atoms with Gasteiger partial charge in [-0.2, -0.15) is 5.26 Å². The third-order valence-corrected chi connectivity index (χ3v) is 3.28. The molecule has 2 rings (SSSR count). The highest BCUT2D eigenvalue weighted by atomic mass is 32.1. The molecule has 0 unspecified atom stereocenters. The van der Waals surface area contributed by atoms with Crippen LogP contribution in [0, 0.1) is 17.2 Å². The fraction of sp³-hybridized carbons (Fsp3) is 0.231. The molecule has 0 aromatic carbocycles. The van der Waals surface area contributed by atoms with Crippen molar-refractivity contribution in [1.82, 2.24) is 0 Å². The van der Waals surface area contributed by atoms with Gasteiger partial charge in [0.05, 0.1) is 23.8 Å². The van der Waals surface area contributed by atoms with Crippen molar-refractivity contribution >= 4 is 17.3 Å². The first-order valence-electron chi connectivity index (χ1n) is 5.41. The summed E-state index contributed by atoms with van der Waals surface area (Å²) in [6.07, 6.45) is 3.33. The summed E-state index contributed by atoms with van der Waals surface area (Å²) in [6.45, 7) is 0.0956. The standard InChI is InChI=1S/C13H11NO3S/c14-7-10(6-12-2-1-5-18-12)8-17-13(15)11-3-4-16-9-11/h1-5,9-10H,6,8H2/t10-/m0/s1. The minimum atomic E-state index is -0.463. The van der Waals surface area contributed by atoms with Gasteiger partial charge in [-0.3, -0.25) is 0 Å². The quantitative estimate of drug-likeness (QED) is 0.776. The number of furan rings is 1. The van der Waals surface area contributed by atoms with Crippen molar-refractivity contribution in [3.63, 3.8) is 0 Å². The lowest BCUT2D eigenvalue weighted by molar-refractivity contribution is 0.0467. The molecular formula is C13H11NO3S. The fourth-order valence-electron chi connectivity index (χ4n) is 1.45. The van der Waals surface area contributed by atoms with Crippen LogP contribution in [-0.4, -0.2) is 12.6 Å². The van der Waals surface area contributed by atoms with E-state index in [1.807, 2.05) is 17.5 Å². The van der Waals surface area contributed by atoms with E-state index in [0.717, 1.165) is 4.88 Å². The SMILES string of the molecule is N#C[C@@H](COC(=O)c1ccoc1)Cc1cccs1. The van der Waals surface area contributed by atoms with E-state index in [-0.39, 0.29) is 12.5 Å². The zero-order chi connectivity index (χ0) is 12.8. The number of carbonyl (C=O) groups is 1. The van der Waals surface area contributed by atoms with E-state index in [0.29, 0.717) is 12.0 Å². The largest absolute Gasteiger partial charge is 0.472 e. The molecule has 0 aliphatic rings. The number of esters is 1. The molecule has 2 aromatic heterocycles. The molecule has 92 valence electrons. The fourth-order valence-corrected chi connectivity index (χ4v) is 2.24. The second kappa shape index (κ2) is 6.03. The van der Waals surface area contributed by atoms with E-state index in [1.165, 1.54) is 18.6 Å². The van der Waals surface area contributed by atoms with Gasteiger partial charge in [-0.15, -0.1) is 11.3 Å². The Balaban J connectivity index is 1.84. The molecule has 4 nitrogen and oxygen atoms in total. The first-order chi connectivity index (χ1) is 8.79. The molecule has 0 aliphatic carbocycles. The summed E-state index contributed by atoms with van der Waals surface area (Å²) in [5.41, 5.74) is 0.364.